The van der Waals surface area contributed by atoms with E-state index < -0.39 is 4.92 Å². The van der Waals surface area contributed by atoms with Crippen LogP contribution in [0.5, 0.6) is 0 Å². The summed E-state index contributed by atoms with van der Waals surface area (Å²) in [7, 11) is 1.94. The first-order valence-electron chi connectivity index (χ1n) is 3.97. The first-order chi connectivity index (χ1) is 6.02. The Balaban J connectivity index is 3.03. The van der Waals surface area contributed by atoms with Crippen molar-refractivity contribution in [2.24, 2.45) is 7.05 Å². The molecule has 1 heterocycles. The molecule has 4 nitrogen and oxygen atoms in total. The molecule has 0 atom stereocenters. The zero-order valence-corrected chi connectivity index (χ0v) is 7.94. The minimum Gasteiger partial charge on any atom is -0.352 e. The third kappa shape index (κ3) is 1.96. The van der Waals surface area contributed by atoms with Gasteiger partial charge in [0, 0.05) is 30.1 Å². The lowest BCUT2D eigenvalue weighted by atomic mass is 10.2. The normalized spacial score (nSPS) is 11.0. The fraction of sp³-hybridized carbons (Fsp3) is 0.333. The van der Waals surface area contributed by atoms with Crippen LogP contribution in [0.4, 0.5) is 0 Å². The van der Waals surface area contributed by atoms with Gasteiger partial charge in [-0.15, -0.1) is 0 Å². The van der Waals surface area contributed by atoms with Crippen molar-refractivity contribution in [2.45, 2.75) is 13.8 Å². The van der Waals surface area contributed by atoms with Crippen molar-refractivity contribution in [1.29, 1.82) is 0 Å². The van der Waals surface area contributed by atoms with Crippen LogP contribution >= 0.6 is 0 Å². The summed E-state index contributed by atoms with van der Waals surface area (Å²) in [6, 6.07) is 1.93. The molecule has 0 saturated heterocycles. The molecule has 0 saturated carbocycles. The van der Waals surface area contributed by atoms with Crippen LogP contribution < -0.4 is 0 Å². The molecular formula is C9H12N2O2. The van der Waals surface area contributed by atoms with Crippen LogP contribution in [0.25, 0.3) is 6.08 Å². The molecule has 0 N–H and O–H groups in total. The number of hydrogen-bond donors (Lipinski definition) is 0. The van der Waals surface area contributed by atoms with Crippen LogP contribution in [0.1, 0.15) is 17.0 Å². The quantitative estimate of drug-likeness (QED) is 0.515. The second kappa shape index (κ2) is 3.43. The van der Waals surface area contributed by atoms with E-state index in [2.05, 4.69) is 0 Å². The number of aryl methyl sites for hydroxylation is 1. The Morgan fingerprint density at radius 3 is 2.54 bits per heavy atom. The third-order valence-corrected chi connectivity index (χ3v) is 2.19. The molecule has 0 aliphatic rings. The molecular weight excluding hydrogens is 168 g/mol. The minimum atomic E-state index is -0.457. The van der Waals surface area contributed by atoms with Gasteiger partial charge in [-0.25, -0.2) is 0 Å². The number of rotatable bonds is 2. The van der Waals surface area contributed by atoms with E-state index in [9.17, 15) is 10.1 Å². The van der Waals surface area contributed by atoms with E-state index in [1.54, 1.807) is 0 Å². The smallest absolute Gasteiger partial charge is 0.235 e. The summed E-state index contributed by atoms with van der Waals surface area (Å²) in [6.07, 6.45) is 2.48. The van der Waals surface area contributed by atoms with E-state index >= 15 is 0 Å². The van der Waals surface area contributed by atoms with Gasteiger partial charge in [-0.2, -0.15) is 0 Å². The zero-order valence-electron chi connectivity index (χ0n) is 7.94. The molecule has 1 aromatic heterocycles. The first kappa shape index (κ1) is 9.51. The molecule has 0 aliphatic carbocycles. The molecule has 0 amide bonds. The van der Waals surface area contributed by atoms with E-state index in [0.29, 0.717) is 0 Å². The van der Waals surface area contributed by atoms with Gasteiger partial charge in [-0.3, -0.25) is 10.1 Å². The van der Waals surface area contributed by atoms with Crippen LogP contribution in [-0.4, -0.2) is 9.49 Å². The number of nitro groups is 1. The average Bonchev–Trinajstić information content (AvgIpc) is 2.29. The minimum absolute atomic E-state index is 0.457. The predicted molar refractivity (Wildman–Crippen MR) is 50.9 cm³/mol. The van der Waals surface area contributed by atoms with Gasteiger partial charge in [-0.1, -0.05) is 0 Å². The maximum atomic E-state index is 10.1. The maximum absolute atomic E-state index is 10.1. The molecule has 0 bridgehead atoms. The van der Waals surface area contributed by atoms with Crippen LogP contribution in [0, 0.1) is 24.0 Å². The highest BCUT2D eigenvalue weighted by Gasteiger charge is 2.03. The van der Waals surface area contributed by atoms with Crippen molar-refractivity contribution < 1.29 is 4.92 Å². The van der Waals surface area contributed by atoms with Crippen molar-refractivity contribution in [3.63, 3.8) is 0 Å². The topological polar surface area (TPSA) is 48.1 Å². The second-order valence-electron chi connectivity index (χ2n) is 2.99. The lowest BCUT2D eigenvalue weighted by molar-refractivity contribution is -0.400. The number of aromatic nitrogens is 1. The summed E-state index contributed by atoms with van der Waals surface area (Å²) in [5.74, 6) is 0. The Hall–Kier alpha value is -1.58. The summed E-state index contributed by atoms with van der Waals surface area (Å²) in [6.45, 7) is 3.91. The van der Waals surface area contributed by atoms with Crippen molar-refractivity contribution in [3.8, 4) is 0 Å². The Morgan fingerprint density at radius 1 is 1.54 bits per heavy atom. The lowest BCUT2D eigenvalue weighted by Gasteiger charge is -1.98. The van der Waals surface area contributed by atoms with E-state index in [-0.39, 0.29) is 0 Å². The Labute approximate surface area is 76.6 Å². The maximum Gasteiger partial charge on any atom is 0.235 e. The summed E-state index contributed by atoms with van der Waals surface area (Å²) in [5, 5.41) is 10.1. The fourth-order valence-corrected chi connectivity index (χ4v) is 1.19. The molecule has 70 valence electrons. The largest absolute Gasteiger partial charge is 0.352 e. The number of hydrogen-bond acceptors (Lipinski definition) is 2. The van der Waals surface area contributed by atoms with Gasteiger partial charge in [0.1, 0.15) is 0 Å². The molecule has 0 aromatic carbocycles. The second-order valence-corrected chi connectivity index (χ2v) is 2.99. The van der Waals surface area contributed by atoms with Crippen molar-refractivity contribution >= 4 is 6.08 Å². The van der Waals surface area contributed by atoms with E-state index in [1.807, 2.05) is 31.5 Å². The molecule has 0 aliphatic heterocycles. The molecule has 0 radical (unpaired) electrons. The lowest BCUT2D eigenvalue weighted by Crippen LogP contribution is -1.92. The summed E-state index contributed by atoms with van der Waals surface area (Å²) in [4.78, 5) is 9.63. The van der Waals surface area contributed by atoms with Crippen molar-refractivity contribution in [3.05, 3.63) is 39.3 Å². The summed E-state index contributed by atoms with van der Waals surface area (Å²) >= 11 is 0. The Morgan fingerprint density at radius 2 is 2.15 bits per heavy atom. The highest BCUT2D eigenvalue weighted by molar-refractivity contribution is 5.52. The molecule has 1 aromatic rings. The van der Waals surface area contributed by atoms with Gasteiger partial charge < -0.3 is 4.57 Å². The zero-order chi connectivity index (χ0) is 10.0. The summed E-state index contributed by atoms with van der Waals surface area (Å²) in [5.41, 5.74) is 3.03. The average molecular weight is 180 g/mol. The number of nitrogens with zero attached hydrogens (tertiary/aromatic N) is 2. The van der Waals surface area contributed by atoms with Crippen molar-refractivity contribution in [2.75, 3.05) is 0 Å². The van der Waals surface area contributed by atoms with E-state index in [4.69, 9.17) is 0 Å². The van der Waals surface area contributed by atoms with Gasteiger partial charge in [-0.05, 0) is 19.9 Å². The standard InChI is InChI=1S/C9H12N2O2/c1-7-6-9(4-5-11(12)13)8(2)10(7)3/h4-6H,1-3H3/b5-4+. The Bertz CT molecular complexity index is 364. The molecule has 0 spiro atoms. The first-order valence-corrected chi connectivity index (χ1v) is 3.97. The van der Waals surface area contributed by atoms with Crippen LogP contribution in [-0.2, 0) is 7.05 Å². The highest BCUT2D eigenvalue weighted by atomic mass is 16.6. The van der Waals surface area contributed by atoms with E-state index in [1.165, 1.54) is 6.08 Å². The van der Waals surface area contributed by atoms with Gasteiger partial charge in [0.2, 0.25) is 6.20 Å². The highest BCUT2D eigenvalue weighted by Crippen LogP contribution is 2.14. The predicted octanol–water partition coefficient (Wildman–Crippen LogP) is 1.89. The van der Waals surface area contributed by atoms with Crippen LogP contribution in [0.2, 0.25) is 0 Å². The molecule has 13 heavy (non-hydrogen) atoms. The van der Waals surface area contributed by atoms with Crippen molar-refractivity contribution in [1.82, 2.24) is 4.57 Å². The molecule has 0 fully saturated rings. The Kier molecular flexibility index (Phi) is 2.51. The van der Waals surface area contributed by atoms with Gasteiger partial charge >= 0.3 is 0 Å². The van der Waals surface area contributed by atoms with E-state index in [0.717, 1.165) is 23.2 Å². The fourth-order valence-electron chi connectivity index (χ4n) is 1.19. The van der Waals surface area contributed by atoms with Gasteiger partial charge in [0.05, 0.1) is 4.92 Å². The summed E-state index contributed by atoms with van der Waals surface area (Å²) < 4.78 is 2.00. The SMILES string of the molecule is Cc1cc(/C=C/[N+](=O)[O-])c(C)n1C. The molecule has 4 heteroatoms. The monoisotopic (exact) mass is 180 g/mol. The molecule has 1 rings (SSSR count). The van der Waals surface area contributed by atoms with Gasteiger partial charge in [0.25, 0.3) is 0 Å². The van der Waals surface area contributed by atoms with Gasteiger partial charge in [0.15, 0.2) is 0 Å². The van der Waals surface area contributed by atoms with Crippen LogP contribution in [0.3, 0.4) is 0 Å². The molecule has 0 unspecified atom stereocenters. The third-order valence-electron chi connectivity index (χ3n) is 2.19. The van der Waals surface area contributed by atoms with Crippen LogP contribution in [0.15, 0.2) is 12.3 Å².